The molecule has 0 amide bonds. The molecule has 0 aromatic heterocycles. The maximum atomic E-state index is 10.9. The van der Waals surface area contributed by atoms with Gasteiger partial charge >= 0.3 is 5.97 Å². The number of aromatic carboxylic acids is 1. The van der Waals surface area contributed by atoms with Crippen LogP contribution >= 0.6 is 0 Å². The lowest BCUT2D eigenvalue weighted by Crippen LogP contribution is -2.30. The highest BCUT2D eigenvalue weighted by molar-refractivity contribution is 5.88. The SMILES string of the molecule is COc1cc(C(=O)O)ccc1OCC1CCNCC1. The molecular weight excluding hydrogens is 246 g/mol. The molecule has 0 bridgehead atoms. The number of hydrogen-bond acceptors (Lipinski definition) is 4. The normalized spacial score (nSPS) is 16.1. The molecule has 1 aliphatic heterocycles. The van der Waals surface area contributed by atoms with E-state index in [1.165, 1.54) is 19.2 Å². The molecule has 5 nitrogen and oxygen atoms in total. The van der Waals surface area contributed by atoms with E-state index in [2.05, 4.69) is 5.32 Å². The van der Waals surface area contributed by atoms with Crippen molar-refractivity contribution in [1.29, 1.82) is 0 Å². The molecule has 5 heteroatoms. The lowest BCUT2D eigenvalue weighted by atomic mass is 9.99. The fraction of sp³-hybridized carbons (Fsp3) is 0.500. The van der Waals surface area contributed by atoms with Crippen molar-refractivity contribution in [2.45, 2.75) is 12.8 Å². The van der Waals surface area contributed by atoms with Crippen molar-refractivity contribution in [3.05, 3.63) is 23.8 Å². The van der Waals surface area contributed by atoms with Gasteiger partial charge in [-0.25, -0.2) is 4.79 Å². The topological polar surface area (TPSA) is 67.8 Å². The van der Waals surface area contributed by atoms with Crippen LogP contribution in [0.1, 0.15) is 23.2 Å². The maximum Gasteiger partial charge on any atom is 0.335 e. The predicted molar refractivity (Wildman–Crippen MR) is 71.0 cm³/mol. The quantitative estimate of drug-likeness (QED) is 0.849. The van der Waals surface area contributed by atoms with Crippen LogP contribution in [0.25, 0.3) is 0 Å². The molecule has 0 saturated carbocycles. The van der Waals surface area contributed by atoms with E-state index >= 15 is 0 Å². The molecule has 2 N–H and O–H groups in total. The Morgan fingerprint density at radius 3 is 2.74 bits per heavy atom. The van der Waals surface area contributed by atoms with Crippen LogP contribution in [-0.4, -0.2) is 37.9 Å². The summed E-state index contributed by atoms with van der Waals surface area (Å²) >= 11 is 0. The third-order valence-corrected chi connectivity index (χ3v) is 3.34. The molecule has 0 spiro atoms. The van der Waals surface area contributed by atoms with Gasteiger partial charge in [-0.2, -0.15) is 0 Å². The molecular formula is C14H19NO4. The summed E-state index contributed by atoms with van der Waals surface area (Å²) in [7, 11) is 1.51. The Hall–Kier alpha value is -1.75. The van der Waals surface area contributed by atoms with Crippen LogP contribution in [0.2, 0.25) is 0 Å². The third-order valence-electron chi connectivity index (χ3n) is 3.34. The van der Waals surface area contributed by atoms with Crippen molar-refractivity contribution in [1.82, 2.24) is 5.32 Å². The van der Waals surface area contributed by atoms with E-state index in [9.17, 15) is 4.79 Å². The molecule has 1 saturated heterocycles. The molecule has 1 aliphatic rings. The summed E-state index contributed by atoms with van der Waals surface area (Å²) in [5, 5.41) is 12.2. The van der Waals surface area contributed by atoms with Gasteiger partial charge in [0, 0.05) is 0 Å². The van der Waals surface area contributed by atoms with Gasteiger partial charge in [-0.05, 0) is 50.0 Å². The highest BCUT2D eigenvalue weighted by Gasteiger charge is 2.15. The molecule has 104 valence electrons. The second-order valence-electron chi connectivity index (χ2n) is 4.68. The molecule has 0 unspecified atom stereocenters. The van der Waals surface area contributed by atoms with Crippen molar-refractivity contribution < 1.29 is 19.4 Å². The van der Waals surface area contributed by atoms with Crippen molar-refractivity contribution in [3.8, 4) is 11.5 Å². The highest BCUT2D eigenvalue weighted by atomic mass is 16.5. The van der Waals surface area contributed by atoms with Gasteiger partial charge in [0.25, 0.3) is 0 Å². The summed E-state index contributed by atoms with van der Waals surface area (Å²) in [4.78, 5) is 10.9. The zero-order chi connectivity index (χ0) is 13.7. The van der Waals surface area contributed by atoms with Gasteiger partial charge in [0.05, 0.1) is 19.3 Å². The highest BCUT2D eigenvalue weighted by Crippen LogP contribution is 2.29. The minimum atomic E-state index is -0.969. The molecule has 1 aromatic carbocycles. The number of carboxylic acid groups (broad SMARTS) is 1. The number of nitrogens with one attached hydrogen (secondary N) is 1. The Balaban J connectivity index is 2.00. The summed E-state index contributed by atoms with van der Waals surface area (Å²) in [5.41, 5.74) is 0.200. The van der Waals surface area contributed by atoms with E-state index < -0.39 is 5.97 Å². The monoisotopic (exact) mass is 265 g/mol. The Bertz CT molecular complexity index is 441. The Kier molecular flexibility index (Phi) is 4.63. The smallest absolute Gasteiger partial charge is 0.335 e. The van der Waals surface area contributed by atoms with Crippen LogP contribution in [-0.2, 0) is 0 Å². The van der Waals surface area contributed by atoms with Gasteiger partial charge in [-0.1, -0.05) is 0 Å². The fourth-order valence-corrected chi connectivity index (χ4v) is 2.18. The minimum absolute atomic E-state index is 0.200. The van der Waals surface area contributed by atoms with Crippen LogP contribution in [0.15, 0.2) is 18.2 Å². The molecule has 0 aliphatic carbocycles. The van der Waals surface area contributed by atoms with Crippen LogP contribution in [0, 0.1) is 5.92 Å². The van der Waals surface area contributed by atoms with Gasteiger partial charge in [0.15, 0.2) is 11.5 Å². The average molecular weight is 265 g/mol. The Morgan fingerprint density at radius 2 is 2.11 bits per heavy atom. The number of piperidine rings is 1. The second kappa shape index (κ2) is 6.43. The number of carboxylic acids is 1. The van der Waals surface area contributed by atoms with Crippen molar-refractivity contribution in [2.75, 3.05) is 26.8 Å². The molecule has 1 fully saturated rings. The first-order chi connectivity index (χ1) is 9.20. The largest absolute Gasteiger partial charge is 0.493 e. The van der Waals surface area contributed by atoms with E-state index in [0.717, 1.165) is 25.9 Å². The van der Waals surface area contributed by atoms with Crippen LogP contribution in [0.4, 0.5) is 0 Å². The first kappa shape index (κ1) is 13.7. The molecule has 0 radical (unpaired) electrons. The number of benzene rings is 1. The number of hydrogen-bond donors (Lipinski definition) is 2. The number of methoxy groups -OCH3 is 1. The zero-order valence-electron chi connectivity index (χ0n) is 11.0. The molecule has 0 atom stereocenters. The van der Waals surface area contributed by atoms with E-state index in [1.54, 1.807) is 6.07 Å². The summed E-state index contributed by atoms with van der Waals surface area (Å²) in [6, 6.07) is 4.67. The average Bonchev–Trinajstić information content (AvgIpc) is 2.45. The van der Waals surface area contributed by atoms with Gasteiger partial charge in [-0.15, -0.1) is 0 Å². The summed E-state index contributed by atoms with van der Waals surface area (Å²) in [6.45, 7) is 2.71. The number of carbonyl (C=O) groups is 1. The summed E-state index contributed by atoms with van der Waals surface area (Å²) < 4.78 is 10.9. The lowest BCUT2D eigenvalue weighted by Gasteiger charge is -2.23. The minimum Gasteiger partial charge on any atom is -0.493 e. The van der Waals surface area contributed by atoms with Gasteiger partial charge in [-0.3, -0.25) is 0 Å². The molecule has 2 rings (SSSR count). The summed E-state index contributed by atoms with van der Waals surface area (Å²) in [6.07, 6.45) is 2.21. The first-order valence-electron chi connectivity index (χ1n) is 6.45. The van der Waals surface area contributed by atoms with Gasteiger partial charge in [0.2, 0.25) is 0 Å². The Morgan fingerprint density at radius 1 is 1.37 bits per heavy atom. The van der Waals surface area contributed by atoms with Crippen molar-refractivity contribution in [2.24, 2.45) is 5.92 Å². The van der Waals surface area contributed by atoms with Gasteiger partial charge in [0.1, 0.15) is 0 Å². The van der Waals surface area contributed by atoms with E-state index in [0.29, 0.717) is 24.0 Å². The van der Waals surface area contributed by atoms with Crippen LogP contribution in [0.3, 0.4) is 0 Å². The Labute approximate surface area is 112 Å². The zero-order valence-corrected chi connectivity index (χ0v) is 11.0. The number of ether oxygens (including phenoxy) is 2. The van der Waals surface area contributed by atoms with E-state index in [4.69, 9.17) is 14.6 Å². The van der Waals surface area contributed by atoms with E-state index in [-0.39, 0.29) is 5.56 Å². The molecule has 1 aromatic rings. The van der Waals surface area contributed by atoms with E-state index in [1.807, 2.05) is 0 Å². The molecule has 1 heterocycles. The molecule has 19 heavy (non-hydrogen) atoms. The van der Waals surface area contributed by atoms with Crippen molar-refractivity contribution >= 4 is 5.97 Å². The second-order valence-corrected chi connectivity index (χ2v) is 4.68. The third kappa shape index (κ3) is 3.61. The van der Waals surface area contributed by atoms with Gasteiger partial charge < -0.3 is 19.9 Å². The number of rotatable bonds is 5. The standard InChI is InChI=1S/C14H19NO4/c1-18-13-8-11(14(16)17)2-3-12(13)19-9-10-4-6-15-7-5-10/h2-3,8,10,15H,4-7,9H2,1H3,(H,16,17). The first-order valence-corrected chi connectivity index (χ1v) is 6.45. The van der Waals surface area contributed by atoms with Crippen molar-refractivity contribution in [3.63, 3.8) is 0 Å². The lowest BCUT2D eigenvalue weighted by molar-refractivity contribution is 0.0696. The maximum absolute atomic E-state index is 10.9. The van der Waals surface area contributed by atoms with Crippen LogP contribution < -0.4 is 14.8 Å². The predicted octanol–water partition coefficient (Wildman–Crippen LogP) is 1.77. The fourth-order valence-electron chi connectivity index (χ4n) is 2.18. The van der Waals surface area contributed by atoms with Crippen LogP contribution in [0.5, 0.6) is 11.5 Å². The summed E-state index contributed by atoms with van der Waals surface area (Å²) in [5.74, 6) is 0.646.